The molecule has 0 atom stereocenters. The zero-order valence-corrected chi connectivity index (χ0v) is 9.71. The third-order valence-electron chi connectivity index (χ3n) is 1.40. The number of rotatable bonds is 2. The molecule has 0 nitrogen and oxygen atoms in total. The van der Waals surface area contributed by atoms with Gasteiger partial charge in [-0.25, -0.2) is 0 Å². The number of hydrogen-bond acceptors (Lipinski definition) is 0. The fourth-order valence-corrected chi connectivity index (χ4v) is 1.90. The summed E-state index contributed by atoms with van der Waals surface area (Å²) in [5.41, 5.74) is 1.18. The highest BCUT2D eigenvalue weighted by molar-refractivity contribution is 9.10. The predicted molar refractivity (Wildman–Crippen MR) is 56.7 cm³/mol. The van der Waals surface area contributed by atoms with Gasteiger partial charge in [0.1, 0.15) is 0 Å². The summed E-state index contributed by atoms with van der Waals surface area (Å²) in [7, 11) is 0. The molecule has 0 aliphatic carbocycles. The lowest BCUT2D eigenvalue weighted by Gasteiger charge is -2.02. The Kier molecular flexibility index (Phi) is 3.90. The van der Waals surface area contributed by atoms with E-state index in [0.717, 1.165) is 21.2 Å². The van der Waals surface area contributed by atoms with E-state index in [1.54, 1.807) is 0 Å². The highest BCUT2D eigenvalue weighted by Crippen LogP contribution is 2.26. The van der Waals surface area contributed by atoms with E-state index in [1.807, 2.05) is 18.2 Å². The molecule has 0 saturated carbocycles. The first-order valence-corrected chi connectivity index (χ1v) is 5.54. The largest absolute Gasteiger partial charge is 0.0924 e. The fraction of sp³-hybridized carbons (Fsp3) is 0.250. The molecule has 11 heavy (non-hydrogen) atoms. The van der Waals surface area contributed by atoms with Crippen LogP contribution < -0.4 is 0 Å². The van der Waals surface area contributed by atoms with E-state index in [1.165, 1.54) is 5.56 Å². The van der Waals surface area contributed by atoms with Crippen LogP contribution in [0, 0.1) is 0 Å². The molecule has 1 aromatic rings. The van der Waals surface area contributed by atoms with E-state index in [0.29, 0.717) is 0 Å². The Balaban J connectivity index is 2.96. The second kappa shape index (κ2) is 4.48. The Morgan fingerprint density at radius 1 is 1.36 bits per heavy atom. The topological polar surface area (TPSA) is 0 Å². The van der Waals surface area contributed by atoms with Crippen LogP contribution in [0.3, 0.4) is 0 Å². The molecular formula is C8H7Br2Cl. The summed E-state index contributed by atoms with van der Waals surface area (Å²) in [6.07, 6.45) is 0.971. The maximum atomic E-state index is 6.00. The summed E-state index contributed by atoms with van der Waals surface area (Å²) in [4.78, 5) is 0. The van der Waals surface area contributed by atoms with Crippen molar-refractivity contribution in [2.45, 2.75) is 6.42 Å². The van der Waals surface area contributed by atoms with Crippen LogP contribution in [-0.2, 0) is 6.42 Å². The van der Waals surface area contributed by atoms with Gasteiger partial charge in [0.15, 0.2) is 0 Å². The van der Waals surface area contributed by atoms with Gasteiger partial charge in [-0.05, 0) is 34.0 Å². The Morgan fingerprint density at radius 3 is 2.73 bits per heavy atom. The van der Waals surface area contributed by atoms with Gasteiger partial charge in [0, 0.05) is 9.80 Å². The molecule has 0 bridgehead atoms. The van der Waals surface area contributed by atoms with Crippen molar-refractivity contribution in [1.29, 1.82) is 0 Å². The van der Waals surface area contributed by atoms with Gasteiger partial charge in [0.2, 0.25) is 0 Å². The summed E-state index contributed by atoms with van der Waals surface area (Å²) in [6, 6.07) is 5.97. The average Bonchev–Trinajstić information content (AvgIpc) is 1.99. The number of aryl methyl sites for hydroxylation is 1. The van der Waals surface area contributed by atoms with Crippen molar-refractivity contribution in [1.82, 2.24) is 0 Å². The number of hydrogen-bond donors (Lipinski definition) is 0. The molecular weight excluding hydrogens is 291 g/mol. The van der Waals surface area contributed by atoms with Crippen molar-refractivity contribution in [3.05, 3.63) is 33.3 Å². The lowest BCUT2D eigenvalue weighted by atomic mass is 10.2. The molecule has 0 amide bonds. The SMILES string of the molecule is Clc1c(Br)cccc1CCBr. The summed E-state index contributed by atoms with van der Waals surface area (Å²) in [5, 5.41) is 1.77. The summed E-state index contributed by atoms with van der Waals surface area (Å²) in [6.45, 7) is 0. The molecule has 0 aliphatic rings. The van der Waals surface area contributed by atoms with Crippen molar-refractivity contribution in [3.63, 3.8) is 0 Å². The van der Waals surface area contributed by atoms with E-state index < -0.39 is 0 Å². The molecule has 1 rings (SSSR count). The van der Waals surface area contributed by atoms with Crippen molar-refractivity contribution >= 4 is 43.5 Å². The Morgan fingerprint density at radius 2 is 2.09 bits per heavy atom. The first kappa shape index (κ1) is 9.56. The van der Waals surface area contributed by atoms with Crippen molar-refractivity contribution in [3.8, 4) is 0 Å². The van der Waals surface area contributed by atoms with Gasteiger partial charge in [-0.15, -0.1) is 0 Å². The fourth-order valence-electron chi connectivity index (χ4n) is 0.843. The number of halogens is 3. The number of benzene rings is 1. The molecule has 0 aromatic heterocycles. The molecule has 0 spiro atoms. The molecule has 1 aromatic carbocycles. The lowest BCUT2D eigenvalue weighted by molar-refractivity contribution is 1.17. The van der Waals surface area contributed by atoms with E-state index in [-0.39, 0.29) is 0 Å². The maximum absolute atomic E-state index is 6.00. The summed E-state index contributed by atoms with van der Waals surface area (Å²) < 4.78 is 0.970. The van der Waals surface area contributed by atoms with Crippen molar-refractivity contribution in [2.75, 3.05) is 5.33 Å². The zero-order valence-electron chi connectivity index (χ0n) is 5.78. The minimum atomic E-state index is 0.826. The second-order valence-electron chi connectivity index (χ2n) is 2.15. The summed E-state index contributed by atoms with van der Waals surface area (Å²) in [5.74, 6) is 0. The van der Waals surface area contributed by atoms with Crippen molar-refractivity contribution in [2.24, 2.45) is 0 Å². The minimum Gasteiger partial charge on any atom is -0.0924 e. The molecule has 0 N–H and O–H groups in total. The second-order valence-corrected chi connectivity index (χ2v) is 4.18. The smallest absolute Gasteiger partial charge is 0.0580 e. The van der Waals surface area contributed by atoms with Crippen LogP contribution in [0.15, 0.2) is 22.7 Å². The van der Waals surface area contributed by atoms with Gasteiger partial charge in [-0.1, -0.05) is 39.7 Å². The molecule has 3 heteroatoms. The maximum Gasteiger partial charge on any atom is 0.0580 e. The first-order valence-electron chi connectivity index (χ1n) is 3.24. The first-order chi connectivity index (χ1) is 5.25. The van der Waals surface area contributed by atoms with Crippen LogP contribution in [0.5, 0.6) is 0 Å². The molecule has 0 saturated heterocycles. The lowest BCUT2D eigenvalue weighted by Crippen LogP contribution is -1.86. The van der Waals surface area contributed by atoms with Crippen LogP contribution in [0.25, 0.3) is 0 Å². The summed E-state index contributed by atoms with van der Waals surface area (Å²) >= 11 is 12.7. The standard InChI is InChI=1S/C8H7Br2Cl/c9-5-4-6-2-1-3-7(10)8(6)11/h1-3H,4-5H2. The monoisotopic (exact) mass is 296 g/mol. The van der Waals surface area contributed by atoms with Crippen LogP contribution in [0.1, 0.15) is 5.56 Å². The molecule has 0 aliphatic heterocycles. The minimum absolute atomic E-state index is 0.826. The zero-order chi connectivity index (χ0) is 8.27. The van der Waals surface area contributed by atoms with Crippen LogP contribution in [0.2, 0.25) is 5.02 Å². The van der Waals surface area contributed by atoms with Gasteiger partial charge in [0.05, 0.1) is 5.02 Å². The highest BCUT2D eigenvalue weighted by Gasteiger charge is 2.01. The molecule has 0 heterocycles. The third-order valence-corrected chi connectivity index (χ3v) is 3.13. The Bertz CT molecular complexity index is 248. The van der Waals surface area contributed by atoms with Crippen LogP contribution in [-0.4, -0.2) is 5.33 Å². The Hall–Kier alpha value is 0.470. The van der Waals surface area contributed by atoms with Gasteiger partial charge < -0.3 is 0 Å². The molecule has 60 valence electrons. The van der Waals surface area contributed by atoms with E-state index in [4.69, 9.17) is 11.6 Å². The number of alkyl halides is 1. The predicted octanol–water partition coefficient (Wildman–Crippen LogP) is 4.04. The van der Waals surface area contributed by atoms with Gasteiger partial charge in [-0.2, -0.15) is 0 Å². The van der Waals surface area contributed by atoms with E-state index >= 15 is 0 Å². The van der Waals surface area contributed by atoms with Gasteiger partial charge in [-0.3, -0.25) is 0 Å². The van der Waals surface area contributed by atoms with Gasteiger partial charge in [0.25, 0.3) is 0 Å². The van der Waals surface area contributed by atoms with Gasteiger partial charge >= 0.3 is 0 Å². The Labute approximate surface area is 88.2 Å². The van der Waals surface area contributed by atoms with Crippen molar-refractivity contribution < 1.29 is 0 Å². The highest BCUT2D eigenvalue weighted by atomic mass is 79.9. The average molecular weight is 298 g/mol. The third kappa shape index (κ3) is 2.46. The van der Waals surface area contributed by atoms with E-state index in [2.05, 4.69) is 31.9 Å². The van der Waals surface area contributed by atoms with Crippen LogP contribution in [0.4, 0.5) is 0 Å². The molecule has 0 fully saturated rings. The molecule has 0 radical (unpaired) electrons. The van der Waals surface area contributed by atoms with Crippen LogP contribution >= 0.6 is 43.5 Å². The normalized spacial score (nSPS) is 10.1. The molecule has 0 unspecified atom stereocenters. The quantitative estimate of drug-likeness (QED) is 0.723. The van der Waals surface area contributed by atoms with E-state index in [9.17, 15) is 0 Å².